The van der Waals surface area contributed by atoms with Crippen molar-refractivity contribution in [3.8, 4) is 5.75 Å². The van der Waals surface area contributed by atoms with Crippen molar-refractivity contribution in [2.45, 2.75) is 0 Å². The quantitative estimate of drug-likeness (QED) is 0.813. The molecule has 2 N–H and O–H groups in total. The normalized spacial score (nSPS) is 9.94. The van der Waals surface area contributed by atoms with E-state index < -0.39 is 0 Å². The molecule has 0 amide bonds. The zero-order valence-corrected chi connectivity index (χ0v) is 9.81. The van der Waals surface area contributed by atoms with Gasteiger partial charge in [-0.3, -0.25) is 0 Å². The van der Waals surface area contributed by atoms with Gasteiger partial charge in [0.2, 0.25) is 0 Å². The summed E-state index contributed by atoms with van der Waals surface area (Å²) in [5, 5.41) is 0. The first kappa shape index (κ1) is 11.3. The molecule has 0 bridgehead atoms. The first-order valence-corrected chi connectivity index (χ1v) is 5.40. The minimum absolute atomic E-state index is 0.744. The second-order valence-electron chi connectivity index (χ2n) is 3.79. The summed E-state index contributed by atoms with van der Waals surface area (Å²) in [4.78, 5) is 0. The van der Waals surface area contributed by atoms with Crippen LogP contribution in [-0.4, -0.2) is 7.11 Å². The van der Waals surface area contributed by atoms with Crippen LogP contribution in [0.2, 0.25) is 0 Å². The van der Waals surface area contributed by atoms with Crippen LogP contribution in [-0.2, 0) is 0 Å². The van der Waals surface area contributed by atoms with Crippen molar-refractivity contribution in [3.05, 3.63) is 66.2 Å². The number of methoxy groups -OCH3 is 1. The first-order chi connectivity index (χ1) is 8.22. The third kappa shape index (κ3) is 2.31. The van der Waals surface area contributed by atoms with Gasteiger partial charge in [0.1, 0.15) is 5.75 Å². The van der Waals surface area contributed by atoms with E-state index in [1.54, 1.807) is 7.11 Å². The predicted molar refractivity (Wildman–Crippen MR) is 72.0 cm³/mol. The molecule has 86 valence electrons. The molecule has 0 unspecified atom stereocenters. The van der Waals surface area contributed by atoms with Crippen molar-refractivity contribution >= 4 is 11.3 Å². The monoisotopic (exact) mass is 225 g/mol. The molecule has 2 aromatic rings. The van der Waals surface area contributed by atoms with Gasteiger partial charge in [0, 0.05) is 11.3 Å². The highest BCUT2D eigenvalue weighted by molar-refractivity contribution is 5.84. The fraction of sp³-hybridized carbons (Fsp3) is 0.0667. The maximum absolute atomic E-state index is 5.93. The average molecular weight is 225 g/mol. The van der Waals surface area contributed by atoms with Crippen LogP contribution in [0.3, 0.4) is 0 Å². The van der Waals surface area contributed by atoms with Crippen molar-refractivity contribution in [2.24, 2.45) is 0 Å². The van der Waals surface area contributed by atoms with E-state index in [0.717, 1.165) is 28.1 Å². The molecule has 0 saturated heterocycles. The first-order valence-electron chi connectivity index (χ1n) is 5.40. The average Bonchev–Trinajstić information content (AvgIpc) is 2.39. The SMILES string of the molecule is C=C(c1ccc(OC)cc1)c1ccccc1N. The van der Waals surface area contributed by atoms with E-state index in [9.17, 15) is 0 Å². The topological polar surface area (TPSA) is 35.2 Å². The van der Waals surface area contributed by atoms with Gasteiger partial charge >= 0.3 is 0 Å². The highest BCUT2D eigenvalue weighted by Gasteiger charge is 2.05. The molecule has 0 spiro atoms. The fourth-order valence-corrected chi connectivity index (χ4v) is 1.72. The van der Waals surface area contributed by atoms with Gasteiger partial charge in [0.25, 0.3) is 0 Å². The minimum atomic E-state index is 0.744. The summed E-state index contributed by atoms with van der Waals surface area (Å²) in [5.74, 6) is 0.836. The summed E-state index contributed by atoms with van der Waals surface area (Å²) < 4.78 is 5.12. The molecule has 2 rings (SSSR count). The van der Waals surface area contributed by atoms with E-state index in [1.165, 1.54) is 0 Å². The Bertz CT molecular complexity index is 529. The van der Waals surface area contributed by atoms with Crippen molar-refractivity contribution in [1.29, 1.82) is 0 Å². The molecule has 0 aliphatic heterocycles. The standard InChI is InChI=1S/C15H15NO/c1-11(14-5-3-4-6-15(14)16)12-7-9-13(17-2)10-8-12/h3-10H,1,16H2,2H3. The summed E-state index contributed by atoms with van der Waals surface area (Å²) >= 11 is 0. The Morgan fingerprint density at radius 2 is 1.71 bits per heavy atom. The number of rotatable bonds is 3. The van der Waals surface area contributed by atoms with Crippen LogP contribution < -0.4 is 10.5 Å². The molecule has 17 heavy (non-hydrogen) atoms. The van der Waals surface area contributed by atoms with E-state index in [0.29, 0.717) is 0 Å². The molecule has 0 saturated carbocycles. The van der Waals surface area contributed by atoms with Gasteiger partial charge in [-0.2, -0.15) is 0 Å². The van der Waals surface area contributed by atoms with Gasteiger partial charge in [-0.15, -0.1) is 0 Å². The molecule has 0 aliphatic rings. The Kier molecular flexibility index (Phi) is 3.15. The number of nitrogen functional groups attached to an aromatic ring is 1. The zero-order chi connectivity index (χ0) is 12.3. The summed E-state index contributed by atoms with van der Waals surface area (Å²) in [6.45, 7) is 4.09. The highest BCUT2D eigenvalue weighted by atomic mass is 16.5. The Morgan fingerprint density at radius 1 is 1.06 bits per heavy atom. The molecular formula is C15H15NO. The lowest BCUT2D eigenvalue weighted by molar-refractivity contribution is 0.415. The van der Waals surface area contributed by atoms with Crippen molar-refractivity contribution in [1.82, 2.24) is 0 Å². The van der Waals surface area contributed by atoms with E-state index in [1.807, 2.05) is 48.5 Å². The Hall–Kier alpha value is -2.22. The van der Waals surface area contributed by atoms with Gasteiger partial charge in [-0.25, -0.2) is 0 Å². The molecular weight excluding hydrogens is 210 g/mol. The summed E-state index contributed by atoms with van der Waals surface area (Å²) in [5.41, 5.74) is 9.61. The molecule has 0 atom stereocenters. The van der Waals surface area contributed by atoms with E-state index >= 15 is 0 Å². The van der Waals surface area contributed by atoms with Gasteiger partial charge in [-0.05, 0) is 29.3 Å². The van der Waals surface area contributed by atoms with Crippen LogP contribution >= 0.6 is 0 Å². The number of ether oxygens (including phenoxy) is 1. The van der Waals surface area contributed by atoms with Crippen LogP contribution in [0.25, 0.3) is 5.57 Å². The van der Waals surface area contributed by atoms with E-state index in [4.69, 9.17) is 10.5 Å². The molecule has 0 aliphatic carbocycles. The summed E-state index contributed by atoms with van der Waals surface area (Å²) in [6.07, 6.45) is 0. The predicted octanol–water partition coefficient (Wildman–Crippen LogP) is 3.34. The van der Waals surface area contributed by atoms with Crippen LogP contribution in [0.5, 0.6) is 5.75 Å². The Balaban J connectivity index is 2.34. The van der Waals surface area contributed by atoms with Gasteiger partial charge < -0.3 is 10.5 Å². The fourth-order valence-electron chi connectivity index (χ4n) is 1.72. The van der Waals surface area contributed by atoms with Crippen LogP contribution in [0.15, 0.2) is 55.1 Å². The third-order valence-electron chi connectivity index (χ3n) is 2.72. The zero-order valence-electron chi connectivity index (χ0n) is 9.81. The smallest absolute Gasteiger partial charge is 0.118 e. The number of hydrogen-bond acceptors (Lipinski definition) is 2. The molecule has 2 aromatic carbocycles. The number of anilines is 1. The minimum Gasteiger partial charge on any atom is -0.497 e. The summed E-state index contributed by atoms with van der Waals surface area (Å²) in [7, 11) is 1.65. The Labute approximate surface area is 101 Å². The second-order valence-corrected chi connectivity index (χ2v) is 3.79. The highest BCUT2D eigenvalue weighted by Crippen LogP contribution is 2.27. The van der Waals surface area contributed by atoms with Gasteiger partial charge in [0.05, 0.1) is 7.11 Å². The van der Waals surface area contributed by atoms with Crippen LogP contribution in [0.1, 0.15) is 11.1 Å². The Morgan fingerprint density at radius 3 is 2.29 bits per heavy atom. The molecule has 2 heteroatoms. The van der Waals surface area contributed by atoms with E-state index in [2.05, 4.69) is 6.58 Å². The lowest BCUT2D eigenvalue weighted by atomic mass is 9.98. The lowest BCUT2D eigenvalue weighted by Gasteiger charge is -2.09. The maximum Gasteiger partial charge on any atom is 0.118 e. The number of nitrogens with two attached hydrogens (primary N) is 1. The second kappa shape index (κ2) is 4.74. The van der Waals surface area contributed by atoms with Crippen molar-refractivity contribution < 1.29 is 4.74 Å². The molecule has 0 fully saturated rings. The maximum atomic E-state index is 5.93. The third-order valence-corrected chi connectivity index (χ3v) is 2.72. The molecule has 0 radical (unpaired) electrons. The molecule has 0 aromatic heterocycles. The van der Waals surface area contributed by atoms with Crippen LogP contribution in [0, 0.1) is 0 Å². The van der Waals surface area contributed by atoms with Gasteiger partial charge in [-0.1, -0.05) is 36.9 Å². The molecule has 2 nitrogen and oxygen atoms in total. The van der Waals surface area contributed by atoms with Crippen LogP contribution in [0.4, 0.5) is 5.69 Å². The largest absolute Gasteiger partial charge is 0.497 e. The van der Waals surface area contributed by atoms with Crippen molar-refractivity contribution in [2.75, 3.05) is 12.8 Å². The number of para-hydroxylation sites is 1. The summed E-state index contributed by atoms with van der Waals surface area (Å²) in [6, 6.07) is 15.5. The number of hydrogen-bond donors (Lipinski definition) is 1. The van der Waals surface area contributed by atoms with E-state index in [-0.39, 0.29) is 0 Å². The van der Waals surface area contributed by atoms with Crippen molar-refractivity contribution in [3.63, 3.8) is 0 Å². The number of benzene rings is 2. The van der Waals surface area contributed by atoms with Gasteiger partial charge in [0.15, 0.2) is 0 Å². The lowest BCUT2D eigenvalue weighted by Crippen LogP contribution is -1.94. The molecule has 0 heterocycles.